The highest BCUT2D eigenvalue weighted by Crippen LogP contribution is 2.23. The highest BCUT2D eigenvalue weighted by Gasteiger charge is 2.16. The average molecular weight is 428 g/mol. The Hall–Kier alpha value is -1.59. The molecular formula is C24H45NO5. The van der Waals surface area contributed by atoms with E-state index in [4.69, 9.17) is 9.47 Å². The van der Waals surface area contributed by atoms with Gasteiger partial charge in [-0.2, -0.15) is 0 Å². The van der Waals surface area contributed by atoms with Crippen LogP contribution in [0.4, 0.5) is 0 Å². The molecule has 0 rings (SSSR count). The lowest BCUT2D eigenvalue weighted by atomic mass is 9.89. The molecule has 0 aromatic carbocycles. The fourth-order valence-electron chi connectivity index (χ4n) is 3.45. The molecule has 176 valence electrons. The van der Waals surface area contributed by atoms with Crippen LogP contribution in [0.15, 0.2) is 0 Å². The molecule has 30 heavy (non-hydrogen) atoms. The SMILES string of the molecule is CCOC(=O)CCCCCCN(CCCC(CCCC(C)(C)C)OC(C)=O)C(C)=O. The molecule has 1 amide bonds. The van der Waals surface area contributed by atoms with Gasteiger partial charge < -0.3 is 14.4 Å². The number of carbonyl (C=O) groups excluding carboxylic acids is 3. The van der Waals surface area contributed by atoms with E-state index in [2.05, 4.69) is 20.8 Å². The minimum Gasteiger partial charge on any atom is -0.466 e. The smallest absolute Gasteiger partial charge is 0.305 e. The lowest BCUT2D eigenvalue weighted by molar-refractivity contribution is -0.147. The summed E-state index contributed by atoms with van der Waals surface area (Å²) in [5, 5.41) is 0. The Morgan fingerprint density at radius 2 is 1.47 bits per heavy atom. The van der Waals surface area contributed by atoms with Gasteiger partial charge in [0, 0.05) is 33.4 Å². The number of ether oxygens (including phenoxy) is 2. The molecule has 6 heteroatoms. The molecule has 0 saturated carbocycles. The Balaban J connectivity index is 4.18. The van der Waals surface area contributed by atoms with Gasteiger partial charge in [0.15, 0.2) is 0 Å². The van der Waals surface area contributed by atoms with Crippen LogP contribution in [0.3, 0.4) is 0 Å². The first-order chi connectivity index (χ1) is 14.0. The van der Waals surface area contributed by atoms with E-state index in [0.29, 0.717) is 19.6 Å². The van der Waals surface area contributed by atoms with Crippen molar-refractivity contribution in [2.24, 2.45) is 5.41 Å². The van der Waals surface area contributed by atoms with Crippen molar-refractivity contribution in [1.29, 1.82) is 0 Å². The van der Waals surface area contributed by atoms with Gasteiger partial charge in [-0.05, 0) is 57.3 Å². The zero-order valence-electron chi connectivity index (χ0n) is 20.3. The van der Waals surface area contributed by atoms with Crippen molar-refractivity contribution in [1.82, 2.24) is 4.90 Å². The Labute approximate surface area is 184 Å². The van der Waals surface area contributed by atoms with Crippen LogP contribution >= 0.6 is 0 Å². The summed E-state index contributed by atoms with van der Waals surface area (Å²) in [4.78, 5) is 36.6. The molecule has 0 saturated heterocycles. The first-order valence-corrected chi connectivity index (χ1v) is 11.6. The van der Waals surface area contributed by atoms with Gasteiger partial charge in [-0.15, -0.1) is 0 Å². The molecule has 0 spiro atoms. The quantitative estimate of drug-likeness (QED) is 0.248. The Morgan fingerprint density at radius 1 is 0.867 bits per heavy atom. The van der Waals surface area contributed by atoms with E-state index < -0.39 is 0 Å². The van der Waals surface area contributed by atoms with Crippen molar-refractivity contribution < 1.29 is 23.9 Å². The average Bonchev–Trinajstić information content (AvgIpc) is 2.61. The predicted octanol–water partition coefficient (Wildman–Crippen LogP) is 5.28. The summed E-state index contributed by atoms with van der Waals surface area (Å²) in [5.41, 5.74) is 0.280. The number of amides is 1. The molecule has 0 radical (unpaired) electrons. The molecule has 1 atom stereocenters. The maximum atomic E-state index is 11.9. The molecule has 0 aromatic rings. The molecule has 6 nitrogen and oxygen atoms in total. The van der Waals surface area contributed by atoms with Crippen LogP contribution in [0.1, 0.15) is 106 Å². The Morgan fingerprint density at radius 3 is 2.03 bits per heavy atom. The summed E-state index contributed by atoms with van der Waals surface area (Å²) in [6.07, 6.45) is 8.74. The summed E-state index contributed by atoms with van der Waals surface area (Å²) >= 11 is 0. The van der Waals surface area contributed by atoms with Gasteiger partial charge in [0.05, 0.1) is 6.61 Å². The minimum absolute atomic E-state index is 0.0680. The number of nitrogens with zero attached hydrogens (tertiary/aromatic N) is 1. The van der Waals surface area contributed by atoms with E-state index in [1.54, 1.807) is 6.92 Å². The van der Waals surface area contributed by atoms with Crippen molar-refractivity contribution >= 4 is 17.8 Å². The van der Waals surface area contributed by atoms with Crippen LogP contribution in [0.25, 0.3) is 0 Å². The zero-order chi connectivity index (χ0) is 23.0. The first-order valence-electron chi connectivity index (χ1n) is 11.6. The van der Waals surface area contributed by atoms with Gasteiger partial charge in [-0.1, -0.05) is 33.6 Å². The highest BCUT2D eigenvalue weighted by molar-refractivity contribution is 5.73. The number of hydrogen-bond donors (Lipinski definition) is 0. The summed E-state index contributed by atoms with van der Waals surface area (Å²) < 4.78 is 10.4. The molecule has 0 N–H and O–H groups in total. The Bertz CT molecular complexity index is 498. The third kappa shape index (κ3) is 17.3. The topological polar surface area (TPSA) is 72.9 Å². The van der Waals surface area contributed by atoms with Crippen molar-refractivity contribution in [3.63, 3.8) is 0 Å². The van der Waals surface area contributed by atoms with Crippen LogP contribution in [0.2, 0.25) is 0 Å². The van der Waals surface area contributed by atoms with E-state index >= 15 is 0 Å². The van der Waals surface area contributed by atoms with Crippen LogP contribution in [-0.2, 0) is 23.9 Å². The third-order valence-corrected chi connectivity index (χ3v) is 5.05. The lowest BCUT2D eigenvalue weighted by Gasteiger charge is -2.24. The van der Waals surface area contributed by atoms with E-state index in [1.165, 1.54) is 6.92 Å². The van der Waals surface area contributed by atoms with Gasteiger partial charge in [0.25, 0.3) is 0 Å². The molecule has 0 aliphatic carbocycles. The normalized spacial score (nSPS) is 12.3. The highest BCUT2D eigenvalue weighted by atomic mass is 16.5. The minimum atomic E-state index is -0.234. The monoisotopic (exact) mass is 427 g/mol. The van der Waals surface area contributed by atoms with Gasteiger partial charge in [-0.25, -0.2) is 0 Å². The lowest BCUT2D eigenvalue weighted by Crippen LogP contribution is -2.31. The van der Waals surface area contributed by atoms with Gasteiger partial charge in [0.2, 0.25) is 5.91 Å². The second kappa shape index (κ2) is 16.1. The molecule has 0 heterocycles. The summed E-state index contributed by atoms with van der Waals surface area (Å²) in [6.45, 7) is 13.4. The number of unbranched alkanes of at least 4 members (excludes halogenated alkanes) is 3. The maximum absolute atomic E-state index is 11.9. The van der Waals surface area contributed by atoms with E-state index in [-0.39, 0.29) is 29.4 Å². The van der Waals surface area contributed by atoms with Gasteiger partial charge in [-0.3, -0.25) is 14.4 Å². The van der Waals surface area contributed by atoms with Crippen LogP contribution in [0, 0.1) is 5.41 Å². The molecule has 0 bridgehead atoms. The molecular weight excluding hydrogens is 382 g/mol. The van der Waals surface area contributed by atoms with Crippen molar-refractivity contribution in [3.8, 4) is 0 Å². The second-order valence-corrected chi connectivity index (χ2v) is 9.30. The van der Waals surface area contributed by atoms with Crippen LogP contribution < -0.4 is 0 Å². The van der Waals surface area contributed by atoms with Crippen LogP contribution in [0.5, 0.6) is 0 Å². The summed E-state index contributed by atoms with van der Waals surface area (Å²) in [5.74, 6) is -0.284. The van der Waals surface area contributed by atoms with Gasteiger partial charge in [0.1, 0.15) is 6.10 Å². The fourth-order valence-corrected chi connectivity index (χ4v) is 3.45. The number of rotatable bonds is 16. The van der Waals surface area contributed by atoms with E-state index in [0.717, 1.165) is 64.3 Å². The summed E-state index contributed by atoms with van der Waals surface area (Å²) in [7, 11) is 0. The predicted molar refractivity (Wildman–Crippen MR) is 120 cm³/mol. The van der Waals surface area contributed by atoms with Crippen molar-refractivity contribution in [2.45, 2.75) is 112 Å². The van der Waals surface area contributed by atoms with Crippen molar-refractivity contribution in [3.05, 3.63) is 0 Å². The third-order valence-electron chi connectivity index (χ3n) is 5.05. The van der Waals surface area contributed by atoms with Crippen LogP contribution in [-0.4, -0.2) is 48.5 Å². The standard InChI is InChI=1S/C24H45NO5/c1-7-29-23(28)16-10-8-9-11-18-25(20(2)26)19-13-15-22(30-21(3)27)14-12-17-24(4,5)6/h22H,7-19H2,1-6H3. The molecule has 0 aliphatic heterocycles. The van der Waals surface area contributed by atoms with Crippen molar-refractivity contribution in [2.75, 3.05) is 19.7 Å². The Kier molecular flexibility index (Phi) is 15.3. The molecule has 1 unspecified atom stereocenters. The molecule has 0 aromatic heterocycles. The second-order valence-electron chi connectivity index (χ2n) is 9.30. The number of esters is 2. The maximum Gasteiger partial charge on any atom is 0.305 e. The largest absolute Gasteiger partial charge is 0.466 e. The first kappa shape index (κ1) is 28.4. The van der Waals surface area contributed by atoms with Gasteiger partial charge >= 0.3 is 11.9 Å². The number of carbonyl (C=O) groups is 3. The fraction of sp³-hybridized carbons (Fsp3) is 0.875. The molecule has 0 aliphatic rings. The number of hydrogen-bond acceptors (Lipinski definition) is 5. The zero-order valence-corrected chi connectivity index (χ0v) is 20.3. The van der Waals surface area contributed by atoms with E-state index in [1.807, 2.05) is 11.8 Å². The summed E-state index contributed by atoms with van der Waals surface area (Å²) in [6, 6.07) is 0. The molecule has 0 fully saturated rings. The van der Waals surface area contributed by atoms with E-state index in [9.17, 15) is 14.4 Å².